The van der Waals surface area contributed by atoms with Crippen molar-refractivity contribution in [3.63, 3.8) is 0 Å². The fraction of sp³-hybridized carbons (Fsp3) is 0.0435. The number of rotatable bonds is 4. The van der Waals surface area contributed by atoms with Crippen LogP contribution in [-0.2, 0) is 4.79 Å². The van der Waals surface area contributed by atoms with Crippen LogP contribution >= 0.6 is 35.1 Å². The SMILES string of the molecule is CN1C(=O)/C(=C/c2ccc(Sc3ccc(Cl)cc3)cc2)SC1=Nc1ccccc1. The standard InChI is InChI=1S/C23H17ClN2OS2/c1-26-22(27)21(29-23(26)25-18-5-3-2-4-6-18)15-16-7-11-19(12-8-16)28-20-13-9-17(24)10-14-20/h2-15H,1H3/b21-15-,25-23?. The van der Waals surface area contributed by atoms with Gasteiger partial charge in [-0.2, -0.15) is 0 Å². The molecular weight excluding hydrogens is 420 g/mol. The molecule has 0 aromatic heterocycles. The van der Waals surface area contributed by atoms with E-state index in [1.165, 1.54) is 11.8 Å². The Balaban J connectivity index is 1.49. The van der Waals surface area contributed by atoms with Crippen LogP contribution in [0.4, 0.5) is 5.69 Å². The zero-order chi connectivity index (χ0) is 20.2. The lowest BCUT2D eigenvalue weighted by molar-refractivity contribution is -0.121. The largest absolute Gasteiger partial charge is 0.290 e. The van der Waals surface area contributed by atoms with Crippen molar-refractivity contribution in [2.75, 3.05) is 7.05 Å². The van der Waals surface area contributed by atoms with E-state index in [0.29, 0.717) is 10.1 Å². The molecule has 1 saturated heterocycles. The number of para-hydroxylation sites is 1. The topological polar surface area (TPSA) is 32.7 Å². The Labute approximate surface area is 183 Å². The molecule has 0 radical (unpaired) electrons. The van der Waals surface area contributed by atoms with Gasteiger partial charge in [0.15, 0.2) is 5.17 Å². The van der Waals surface area contributed by atoms with E-state index in [1.54, 1.807) is 23.7 Å². The first kappa shape index (κ1) is 19.8. The Bertz CT molecular complexity index is 1080. The predicted octanol–water partition coefficient (Wildman–Crippen LogP) is 6.73. The Hall–Kier alpha value is -2.47. The van der Waals surface area contributed by atoms with Gasteiger partial charge in [0, 0.05) is 21.9 Å². The van der Waals surface area contributed by atoms with Crippen molar-refractivity contribution in [3.8, 4) is 0 Å². The molecule has 3 aromatic rings. The number of thioether (sulfide) groups is 1. The van der Waals surface area contributed by atoms with Crippen LogP contribution in [0.5, 0.6) is 0 Å². The maximum atomic E-state index is 12.6. The van der Waals surface area contributed by atoms with Crippen LogP contribution in [0.2, 0.25) is 5.02 Å². The van der Waals surface area contributed by atoms with Crippen LogP contribution in [0, 0.1) is 0 Å². The van der Waals surface area contributed by atoms with Gasteiger partial charge in [-0.1, -0.05) is 53.7 Å². The van der Waals surface area contributed by atoms with E-state index in [2.05, 4.69) is 17.1 Å². The van der Waals surface area contributed by atoms with Gasteiger partial charge < -0.3 is 0 Å². The van der Waals surface area contributed by atoms with E-state index in [1.807, 2.05) is 72.8 Å². The Kier molecular flexibility index (Phi) is 6.09. The van der Waals surface area contributed by atoms with Crippen molar-refractivity contribution in [1.82, 2.24) is 4.90 Å². The first-order valence-electron chi connectivity index (χ1n) is 8.93. The van der Waals surface area contributed by atoms with Crippen molar-refractivity contribution >= 4 is 58.0 Å². The zero-order valence-corrected chi connectivity index (χ0v) is 18.0. The van der Waals surface area contributed by atoms with Gasteiger partial charge in [0.2, 0.25) is 0 Å². The number of halogens is 1. The third-order valence-electron chi connectivity index (χ3n) is 4.21. The highest BCUT2D eigenvalue weighted by Gasteiger charge is 2.30. The summed E-state index contributed by atoms with van der Waals surface area (Å²) >= 11 is 9.00. The lowest BCUT2D eigenvalue weighted by Crippen LogP contribution is -2.23. The van der Waals surface area contributed by atoms with Crippen molar-refractivity contribution < 1.29 is 4.79 Å². The summed E-state index contributed by atoms with van der Waals surface area (Å²) in [5, 5.41) is 1.41. The van der Waals surface area contributed by atoms with Gasteiger partial charge in [0.25, 0.3) is 5.91 Å². The molecule has 1 fully saturated rings. The Morgan fingerprint density at radius 3 is 2.21 bits per heavy atom. The number of benzene rings is 3. The van der Waals surface area contributed by atoms with Crippen LogP contribution in [0.15, 0.2) is 98.6 Å². The molecule has 0 unspecified atom stereocenters. The first-order chi connectivity index (χ1) is 14.1. The fourth-order valence-electron chi connectivity index (χ4n) is 2.69. The quantitative estimate of drug-likeness (QED) is 0.425. The second-order valence-corrected chi connectivity index (χ2v) is 8.92. The molecule has 1 aliphatic heterocycles. The lowest BCUT2D eigenvalue weighted by Gasteiger charge is -2.06. The van der Waals surface area contributed by atoms with E-state index in [4.69, 9.17) is 11.6 Å². The maximum absolute atomic E-state index is 12.6. The number of hydrogen-bond donors (Lipinski definition) is 0. The molecule has 144 valence electrons. The Morgan fingerprint density at radius 1 is 0.931 bits per heavy atom. The molecule has 1 heterocycles. The van der Waals surface area contributed by atoms with Gasteiger partial charge in [0.1, 0.15) is 0 Å². The molecule has 0 bridgehead atoms. The zero-order valence-electron chi connectivity index (χ0n) is 15.6. The number of hydrogen-bond acceptors (Lipinski definition) is 4. The van der Waals surface area contributed by atoms with Crippen LogP contribution in [-0.4, -0.2) is 23.0 Å². The minimum atomic E-state index is -0.0377. The summed E-state index contributed by atoms with van der Waals surface area (Å²) in [4.78, 5) is 21.7. The first-order valence-corrected chi connectivity index (χ1v) is 10.9. The van der Waals surface area contributed by atoms with Crippen LogP contribution in [0.3, 0.4) is 0 Å². The van der Waals surface area contributed by atoms with Gasteiger partial charge in [-0.3, -0.25) is 9.69 Å². The smallest absolute Gasteiger partial charge is 0.266 e. The van der Waals surface area contributed by atoms with E-state index < -0.39 is 0 Å². The summed E-state index contributed by atoms with van der Waals surface area (Å²) in [6.07, 6.45) is 1.91. The Morgan fingerprint density at radius 2 is 1.55 bits per heavy atom. The highest BCUT2D eigenvalue weighted by molar-refractivity contribution is 8.18. The molecular formula is C23H17ClN2OS2. The fourth-order valence-corrected chi connectivity index (χ4v) is 4.62. The number of carbonyl (C=O) groups is 1. The molecule has 0 atom stereocenters. The van der Waals surface area contributed by atoms with Crippen molar-refractivity contribution in [2.24, 2.45) is 4.99 Å². The molecule has 0 N–H and O–H groups in total. The van der Waals surface area contributed by atoms with E-state index in [-0.39, 0.29) is 5.91 Å². The highest BCUT2D eigenvalue weighted by atomic mass is 35.5. The summed E-state index contributed by atoms with van der Waals surface area (Å²) in [6.45, 7) is 0. The average Bonchev–Trinajstić information content (AvgIpc) is 3.00. The minimum absolute atomic E-state index is 0.0377. The summed E-state index contributed by atoms with van der Waals surface area (Å²) in [6, 6.07) is 25.6. The number of amides is 1. The van der Waals surface area contributed by atoms with Gasteiger partial charge >= 0.3 is 0 Å². The number of aliphatic imine (C=N–C) groups is 1. The van der Waals surface area contributed by atoms with Crippen molar-refractivity contribution in [2.45, 2.75) is 9.79 Å². The molecule has 29 heavy (non-hydrogen) atoms. The molecule has 4 rings (SSSR count). The molecule has 6 heteroatoms. The number of carbonyl (C=O) groups excluding carboxylic acids is 1. The molecule has 1 amide bonds. The second kappa shape index (κ2) is 8.91. The normalized spacial score (nSPS) is 16.8. The van der Waals surface area contributed by atoms with Crippen LogP contribution in [0.25, 0.3) is 6.08 Å². The lowest BCUT2D eigenvalue weighted by atomic mass is 10.2. The molecule has 3 aromatic carbocycles. The summed E-state index contributed by atoms with van der Waals surface area (Å²) < 4.78 is 0. The summed E-state index contributed by atoms with van der Waals surface area (Å²) in [5.74, 6) is -0.0377. The monoisotopic (exact) mass is 436 g/mol. The minimum Gasteiger partial charge on any atom is -0.290 e. The van der Waals surface area contributed by atoms with Gasteiger partial charge in [0.05, 0.1) is 10.6 Å². The molecule has 3 nitrogen and oxygen atoms in total. The third kappa shape index (κ3) is 4.93. The summed E-state index contributed by atoms with van der Waals surface area (Å²) in [7, 11) is 1.75. The van der Waals surface area contributed by atoms with Gasteiger partial charge in [-0.25, -0.2) is 4.99 Å². The number of amidine groups is 1. The van der Waals surface area contributed by atoms with E-state index >= 15 is 0 Å². The molecule has 0 aliphatic carbocycles. The van der Waals surface area contributed by atoms with E-state index in [9.17, 15) is 4.79 Å². The van der Waals surface area contributed by atoms with Crippen LogP contribution < -0.4 is 0 Å². The van der Waals surface area contributed by atoms with Gasteiger partial charge in [-0.05, 0) is 71.9 Å². The third-order valence-corrected chi connectivity index (χ3v) is 6.54. The predicted molar refractivity (Wildman–Crippen MR) is 124 cm³/mol. The average molecular weight is 437 g/mol. The van der Waals surface area contributed by atoms with E-state index in [0.717, 1.165) is 26.1 Å². The number of likely N-dealkylation sites (N-methyl/N-ethyl adjacent to an activating group) is 1. The number of nitrogens with zero attached hydrogens (tertiary/aromatic N) is 2. The highest BCUT2D eigenvalue weighted by Crippen LogP contribution is 2.34. The van der Waals surface area contributed by atoms with Crippen molar-refractivity contribution in [3.05, 3.63) is 94.4 Å². The van der Waals surface area contributed by atoms with Crippen LogP contribution in [0.1, 0.15) is 5.56 Å². The van der Waals surface area contributed by atoms with Crippen molar-refractivity contribution in [1.29, 1.82) is 0 Å². The molecule has 0 spiro atoms. The maximum Gasteiger partial charge on any atom is 0.266 e. The summed E-state index contributed by atoms with van der Waals surface area (Å²) in [5.41, 5.74) is 1.81. The molecule has 1 aliphatic rings. The van der Waals surface area contributed by atoms with Gasteiger partial charge in [-0.15, -0.1) is 0 Å². The second-order valence-electron chi connectivity index (χ2n) is 6.33. The molecule has 0 saturated carbocycles.